The number of nitrogens with zero attached hydrogens (tertiary/aromatic N) is 5. The van der Waals surface area contributed by atoms with Gasteiger partial charge in [0.1, 0.15) is 0 Å². The summed E-state index contributed by atoms with van der Waals surface area (Å²) in [5, 5.41) is 16.3. The molecule has 7 heteroatoms. The average molecular weight is 305 g/mol. The van der Waals surface area contributed by atoms with Gasteiger partial charge in [-0.1, -0.05) is 23.8 Å². The van der Waals surface area contributed by atoms with Gasteiger partial charge in [0.15, 0.2) is 10.8 Å². The number of thiophene rings is 1. The second kappa shape index (κ2) is 5.23. The number of piperidine rings is 1. The van der Waals surface area contributed by atoms with E-state index in [2.05, 4.69) is 37.7 Å². The Bertz CT molecular complexity index is 694. The molecule has 0 radical (unpaired) electrons. The van der Waals surface area contributed by atoms with Crippen LogP contribution in [0.1, 0.15) is 25.1 Å². The summed E-state index contributed by atoms with van der Waals surface area (Å²) in [4.78, 5) is 4.54. The van der Waals surface area contributed by atoms with Crippen LogP contribution in [0.3, 0.4) is 0 Å². The standard InChI is InChI=1S/C13H15N5S2/c1-2-6-17(7-3-1)9-11-14-15-13-18(11)16-12(20-13)10-5-4-8-19-10/h4-5,8H,1-3,6-7,9H2. The van der Waals surface area contributed by atoms with Crippen molar-refractivity contribution in [3.8, 4) is 9.88 Å². The summed E-state index contributed by atoms with van der Waals surface area (Å²) in [5.41, 5.74) is 0. The molecule has 20 heavy (non-hydrogen) atoms. The lowest BCUT2D eigenvalue weighted by atomic mass is 10.1. The quantitative estimate of drug-likeness (QED) is 0.746. The van der Waals surface area contributed by atoms with Crippen LogP contribution in [0.15, 0.2) is 17.5 Å². The molecule has 0 bridgehead atoms. The Morgan fingerprint density at radius 1 is 1.15 bits per heavy atom. The van der Waals surface area contributed by atoms with Gasteiger partial charge in [-0.3, -0.25) is 4.90 Å². The summed E-state index contributed by atoms with van der Waals surface area (Å²) < 4.78 is 1.91. The first-order valence-corrected chi connectivity index (χ1v) is 8.57. The van der Waals surface area contributed by atoms with Crippen molar-refractivity contribution in [1.82, 2.24) is 24.7 Å². The van der Waals surface area contributed by atoms with Crippen molar-refractivity contribution < 1.29 is 0 Å². The maximum atomic E-state index is 4.67. The highest BCUT2D eigenvalue weighted by Crippen LogP contribution is 2.29. The zero-order chi connectivity index (χ0) is 13.4. The fraction of sp³-hybridized carbons (Fsp3) is 0.462. The van der Waals surface area contributed by atoms with Gasteiger partial charge in [0.05, 0.1) is 11.4 Å². The Kier molecular flexibility index (Phi) is 3.25. The van der Waals surface area contributed by atoms with E-state index in [0.717, 1.165) is 35.4 Å². The SMILES string of the molecule is c1csc(-c2nn3c(CN4CCCCC4)nnc3s2)c1. The van der Waals surface area contributed by atoms with Crippen LogP contribution >= 0.6 is 22.7 Å². The molecule has 4 heterocycles. The van der Waals surface area contributed by atoms with E-state index in [0.29, 0.717) is 0 Å². The van der Waals surface area contributed by atoms with Crippen LogP contribution in [0.25, 0.3) is 14.8 Å². The highest BCUT2D eigenvalue weighted by Gasteiger charge is 2.17. The van der Waals surface area contributed by atoms with Gasteiger partial charge in [-0.05, 0) is 37.4 Å². The number of hydrogen-bond donors (Lipinski definition) is 0. The lowest BCUT2D eigenvalue weighted by Crippen LogP contribution is -2.30. The third-order valence-electron chi connectivity index (χ3n) is 3.60. The zero-order valence-corrected chi connectivity index (χ0v) is 12.7. The van der Waals surface area contributed by atoms with E-state index >= 15 is 0 Å². The van der Waals surface area contributed by atoms with Crippen molar-refractivity contribution in [2.24, 2.45) is 0 Å². The molecule has 0 N–H and O–H groups in total. The van der Waals surface area contributed by atoms with E-state index in [4.69, 9.17) is 0 Å². The molecular formula is C13H15N5S2. The topological polar surface area (TPSA) is 46.3 Å². The van der Waals surface area contributed by atoms with E-state index in [1.165, 1.54) is 24.1 Å². The van der Waals surface area contributed by atoms with E-state index in [1.54, 1.807) is 22.7 Å². The number of rotatable bonds is 3. The van der Waals surface area contributed by atoms with Gasteiger partial charge in [-0.2, -0.15) is 9.61 Å². The molecule has 1 saturated heterocycles. The van der Waals surface area contributed by atoms with Crippen LogP contribution in [-0.4, -0.2) is 37.8 Å². The predicted octanol–water partition coefficient (Wildman–Crippen LogP) is 2.90. The van der Waals surface area contributed by atoms with Gasteiger partial charge >= 0.3 is 0 Å². The smallest absolute Gasteiger partial charge is 0.235 e. The van der Waals surface area contributed by atoms with Crippen LogP contribution in [-0.2, 0) is 6.54 Å². The van der Waals surface area contributed by atoms with Gasteiger partial charge in [0.25, 0.3) is 0 Å². The molecule has 1 aliphatic heterocycles. The van der Waals surface area contributed by atoms with E-state index < -0.39 is 0 Å². The lowest BCUT2D eigenvalue weighted by Gasteiger charge is -2.25. The van der Waals surface area contributed by atoms with Crippen LogP contribution in [0.4, 0.5) is 0 Å². The first kappa shape index (κ1) is 12.4. The minimum atomic E-state index is 0.856. The predicted molar refractivity (Wildman–Crippen MR) is 81.1 cm³/mol. The number of fused-ring (bicyclic) bond motifs is 1. The summed E-state index contributed by atoms with van der Waals surface area (Å²) in [7, 11) is 0. The molecule has 0 aromatic carbocycles. The van der Waals surface area contributed by atoms with Crippen LogP contribution in [0.2, 0.25) is 0 Å². The fourth-order valence-electron chi connectivity index (χ4n) is 2.57. The average Bonchev–Trinajstić information content (AvgIpc) is 3.17. The molecule has 1 fully saturated rings. The summed E-state index contributed by atoms with van der Waals surface area (Å²) >= 11 is 3.32. The molecule has 0 atom stereocenters. The minimum absolute atomic E-state index is 0.856. The molecule has 0 unspecified atom stereocenters. The lowest BCUT2D eigenvalue weighted by molar-refractivity contribution is 0.214. The van der Waals surface area contributed by atoms with Gasteiger partial charge in [0, 0.05) is 0 Å². The number of hydrogen-bond acceptors (Lipinski definition) is 6. The summed E-state index contributed by atoms with van der Waals surface area (Å²) in [5.74, 6) is 0.959. The van der Waals surface area contributed by atoms with Crippen molar-refractivity contribution in [3.63, 3.8) is 0 Å². The highest BCUT2D eigenvalue weighted by atomic mass is 32.1. The molecular weight excluding hydrogens is 290 g/mol. The molecule has 0 aliphatic carbocycles. The molecule has 0 amide bonds. The maximum absolute atomic E-state index is 4.67. The third kappa shape index (κ3) is 2.25. The Morgan fingerprint density at radius 2 is 2.05 bits per heavy atom. The van der Waals surface area contributed by atoms with Gasteiger partial charge in [-0.15, -0.1) is 21.5 Å². The normalized spacial score (nSPS) is 17.0. The third-order valence-corrected chi connectivity index (χ3v) is 5.54. The molecule has 3 aromatic heterocycles. The van der Waals surface area contributed by atoms with Crippen LogP contribution in [0, 0.1) is 0 Å². The molecule has 104 valence electrons. The Labute approximate surface area is 124 Å². The van der Waals surface area contributed by atoms with Crippen molar-refractivity contribution in [2.75, 3.05) is 13.1 Å². The zero-order valence-electron chi connectivity index (χ0n) is 11.0. The minimum Gasteiger partial charge on any atom is -0.296 e. The van der Waals surface area contributed by atoms with Gasteiger partial charge < -0.3 is 0 Å². The van der Waals surface area contributed by atoms with Crippen molar-refractivity contribution in [2.45, 2.75) is 25.8 Å². The second-order valence-electron chi connectivity index (χ2n) is 5.03. The van der Waals surface area contributed by atoms with Crippen molar-refractivity contribution >= 4 is 27.6 Å². The molecule has 4 rings (SSSR count). The molecule has 3 aromatic rings. The summed E-state index contributed by atoms with van der Waals surface area (Å²) in [6.45, 7) is 3.18. The van der Waals surface area contributed by atoms with E-state index in [1.807, 2.05) is 4.52 Å². The van der Waals surface area contributed by atoms with Crippen LogP contribution < -0.4 is 0 Å². The van der Waals surface area contributed by atoms with E-state index in [9.17, 15) is 0 Å². The molecule has 0 spiro atoms. The van der Waals surface area contributed by atoms with E-state index in [-0.39, 0.29) is 0 Å². The highest BCUT2D eigenvalue weighted by molar-refractivity contribution is 7.23. The molecule has 0 saturated carbocycles. The van der Waals surface area contributed by atoms with Gasteiger partial charge in [0.2, 0.25) is 4.96 Å². The monoisotopic (exact) mass is 305 g/mol. The summed E-state index contributed by atoms with van der Waals surface area (Å²) in [6, 6.07) is 4.15. The van der Waals surface area contributed by atoms with Crippen molar-refractivity contribution in [3.05, 3.63) is 23.3 Å². The van der Waals surface area contributed by atoms with Crippen LogP contribution in [0.5, 0.6) is 0 Å². The van der Waals surface area contributed by atoms with Crippen molar-refractivity contribution in [1.29, 1.82) is 0 Å². The Morgan fingerprint density at radius 3 is 2.85 bits per heavy atom. The Hall–Kier alpha value is -1.31. The summed E-state index contributed by atoms with van der Waals surface area (Å²) in [6.07, 6.45) is 3.93. The second-order valence-corrected chi connectivity index (χ2v) is 6.94. The largest absolute Gasteiger partial charge is 0.296 e. The maximum Gasteiger partial charge on any atom is 0.235 e. The number of likely N-dealkylation sites (tertiary alicyclic amines) is 1. The number of aromatic nitrogens is 4. The first-order chi connectivity index (χ1) is 9.90. The fourth-order valence-corrected chi connectivity index (χ4v) is 4.22. The molecule has 5 nitrogen and oxygen atoms in total. The Balaban J connectivity index is 1.63. The first-order valence-electron chi connectivity index (χ1n) is 6.87. The molecule has 1 aliphatic rings. The van der Waals surface area contributed by atoms with Gasteiger partial charge in [-0.25, -0.2) is 0 Å².